The van der Waals surface area contributed by atoms with Crippen LogP contribution in [-0.2, 0) is 16.1 Å². The first-order valence-electron chi connectivity index (χ1n) is 8.56. The lowest BCUT2D eigenvalue weighted by Gasteiger charge is -2.26. The highest BCUT2D eigenvalue weighted by Gasteiger charge is 2.30. The normalized spacial score (nSPS) is 18.2. The van der Waals surface area contributed by atoms with Gasteiger partial charge in [0, 0.05) is 5.56 Å². The average Bonchev–Trinajstić information content (AvgIpc) is 2.61. The van der Waals surface area contributed by atoms with Crippen molar-refractivity contribution in [3.8, 4) is 11.5 Å². The monoisotopic (exact) mass is 342 g/mol. The molecular weight excluding hydrogens is 318 g/mol. The molecule has 0 aliphatic carbocycles. The van der Waals surface area contributed by atoms with Crippen LogP contribution in [0.15, 0.2) is 54.6 Å². The van der Waals surface area contributed by atoms with Crippen molar-refractivity contribution in [1.82, 2.24) is 0 Å². The fourth-order valence-electron chi connectivity index (χ4n) is 2.96. The van der Waals surface area contributed by atoms with Gasteiger partial charge in [-0.25, -0.2) is 4.79 Å². The minimum atomic E-state index is -0.716. The first-order chi connectivity index (χ1) is 12.1. The molecule has 0 fully saturated rings. The van der Waals surface area contributed by atoms with E-state index in [1.807, 2.05) is 43.3 Å². The van der Waals surface area contributed by atoms with Gasteiger partial charge in [-0.3, -0.25) is 0 Å². The molecule has 0 aromatic heterocycles. The molecule has 25 heavy (non-hydrogen) atoms. The Labute approximate surface area is 148 Å². The molecule has 2 aromatic rings. The van der Waals surface area contributed by atoms with E-state index in [-0.39, 0.29) is 18.7 Å². The average molecular weight is 342 g/mol. The van der Waals surface area contributed by atoms with Crippen molar-refractivity contribution in [3.63, 3.8) is 0 Å². The molecule has 132 valence electrons. The quantitative estimate of drug-likeness (QED) is 0.808. The number of hydrogen-bond donors (Lipinski definition) is 1. The summed E-state index contributed by atoms with van der Waals surface area (Å²) in [4.78, 5) is 13.6. The van der Waals surface area contributed by atoms with Gasteiger partial charge in [-0.15, -0.1) is 0 Å². The number of para-hydroxylation sites is 2. The highest BCUT2D eigenvalue weighted by atomic mass is 16.6. The maximum absolute atomic E-state index is 12.3. The van der Waals surface area contributed by atoms with Gasteiger partial charge in [0.2, 0.25) is 6.10 Å². The number of rotatable bonds is 6. The summed E-state index contributed by atoms with van der Waals surface area (Å²) >= 11 is 0. The van der Waals surface area contributed by atoms with Crippen LogP contribution in [0.5, 0.6) is 11.5 Å². The molecule has 0 saturated carbocycles. The Morgan fingerprint density at radius 3 is 2.60 bits per heavy atom. The van der Waals surface area contributed by atoms with Gasteiger partial charge in [0.25, 0.3) is 0 Å². The molecule has 5 heteroatoms. The Morgan fingerprint density at radius 1 is 1.16 bits per heavy atom. The van der Waals surface area contributed by atoms with Crippen LogP contribution in [0.1, 0.15) is 12.5 Å². The van der Waals surface area contributed by atoms with E-state index in [2.05, 4.69) is 19.2 Å². The van der Waals surface area contributed by atoms with Gasteiger partial charge in [0.1, 0.15) is 25.8 Å². The van der Waals surface area contributed by atoms with Crippen LogP contribution in [0.4, 0.5) is 0 Å². The number of benzene rings is 2. The maximum atomic E-state index is 12.3. The lowest BCUT2D eigenvalue weighted by molar-refractivity contribution is -0.896. The van der Waals surface area contributed by atoms with Gasteiger partial charge in [0.15, 0.2) is 11.5 Å². The molecule has 1 aliphatic rings. The summed E-state index contributed by atoms with van der Waals surface area (Å²) in [6.45, 7) is 3.70. The van der Waals surface area contributed by atoms with Crippen LogP contribution < -0.4 is 14.4 Å². The SMILES string of the molecule is CC(C[NH+](C)Cc1ccccc1)OC(=O)C1COc2ccccc2O1. The molecule has 3 atom stereocenters. The number of quaternary nitrogens is 1. The van der Waals surface area contributed by atoms with Crippen molar-refractivity contribution in [2.45, 2.75) is 25.7 Å². The van der Waals surface area contributed by atoms with E-state index in [9.17, 15) is 4.79 Å². The van der Waals surface area contributed by atoms with Crippen LogP contribution in [0, 0.1) is 0 Å². The summed E-state index contributed by atoms with van der Waals surface area (Å²) < 4.78 is 16.8. The molecule has 0 amide bonds. The van der Waals surface area contributed by atoms with Crippen LogP contribution in [0.2, 0.25) is 0 Å². The third kappa shape index (κ3) is 4.73. The zero-order valence-electron chi connectivity index (χ0n) is 14.6. The molecule has 0 spiro atoms. The molecule has 1 N–H and O–H groups in total. The Morgan fingerprint density at radius 2 is 1.84 bits per heavy atom. The number of carbonyl (C=O) groups excluding carboxylic acids is 1. The maximum Gasteiger partial charge on any atom is 0.351 e. The van der Waals surface area contributed by atoms with Gasteiger partial charge in [-0.1, -0.05) is 42.5 Å². The van der Waals surface area contributed by atoms with E-state index in [1.54, 1.807) is 6.07 Å². The molecule has 3 rings (SSSR count). The minimum absolute atomic E-state index is 0.176. The number of carbonyl (C=O) groups is 1. The first-order valence-corrected chi connectivity index (χ1v) is 8.56. The van der Waals surface area contributed by atoms with Crippen LogP contribution in [-0.4, -0.2) is 38.4 Å². The Balaban J connectivity index is 1.48. The van der Waals surface area contributed by atoms with Crippen molar-refractivity contribution in [1.29, 1.82) is 0 Å². The number of esters is 1. The molecule has 2 aromatic carbocycles. The second kappa shape index (κ2) is 8.03. The molecule has 1 heterocycles. The second-order valence-corrected chi connectivity index (χ2v) is 6.44. The van der Waals surface area contributed by atoms with Gasteiger partial charge in [-0.05, 0) is 19.1 Å². The summed E-state index contributed by atoms with van der Waals surface area (Å²) in [6.07, 6.45) is -0.913. The molecule has 1 aliphatic heterocycles. The number of likely N-dealkylation sites (N-methyl/N-ethyl adjacent to an activating group) is 1. The van der Waals surface area contributed by atoms with E-state index < -0.39 is 6.10 Å². The minimum Gasteiger partial charge on any atom is -0.485 e. The van der Waals surface area contributed by atoms with Gasteiger partial charge >= 0.3 is 5.97 Å². The van der Waals surface area contributed by atoms with E-state index in [4.69, 9.17) is 14.2 Å². The zero-order chi connectivity index (χ0) is 17.6. The standard InChI is InChI=1S/C20H23NO4/c1-15(12-21(2)13-16-8-4-3-5-9-16)24-20(22)19-14-23-17-10-6-7-11-18(17)25-19/h3-11,15,19H,12-14H2,1-2H3/p+1. The van der Waals surface area contributed by atoms with Crippen molar-refractivity contribution in [2.75, 3.05) is 20.2 Å². The number of ether oxygens (including phenoxy) is 3. The lowest BCUT2D eigenvalue weighted by Crippen LogP contribution is -3.08. The second-order valence-electron chi connectivity index (χ2n) is 6.44. The smallest absolute Gasteiger partial charge is 0.351 e. The van der Waals surface area contributed by atoms with Crippen LogP contribution in [0.25, 0.3) is 0 Å². The highest BCUT2D eigenvalue weighted by Crippen LogP contribution is 2.31. The summed E-state index contributed by atoms with van der Waals surface area (Å²) in [5.41, 5.74) is 1.26. The van der Waals surface area contributed by atoms with Crippen molar-refractivity contribution in [2.24, 2.45) is 0 Å². The molecular formula is C20H24NO4+. The third-order valence-corrected chi connectivity index (χ3v) is 4.07. The van der Waals surface area contributed by atoms with Gasteiger partial charge in [-0.2, -0.15) is 0 Å². The predicted molar refractivity (Wildman–Crippen MR) is 93.8 cm³/mol. The van der Waals surface area contributed by atoms with E-state index in [0.29, 0.717) is 11.5 Å². The number of nitrogens with one attached hydrogen (secondary N) is 1. The lowest BCUT2D eigenvalue weighted by atomic mass is 10.2. The fourth-order valence-corrected chi connectivity index (χ4v) is 2.96. The fraction of sp³-hybridized carbons (Fsp3) is 0.350. The zero-order valence-corrected chi connectivity index (χ0v) is 14.6. The van der Waals surface area contributed by atoms with Crippen LogP contribution >= 0.6 is 0 Å². The van der Waals surface area contributed by atoms with Gasteiger partial charge < -0.3 is 19.1 Å². The van der Waals surface area contributed by atoms with Crippen molar-refractivity contribution >= 4 is 5.97 Å². The Bertz CT molecular complexity index is 704. The first kappa shape index (κ1) is 17.3. The molecule has 0 bridgehead atoms. The molecule has 3 unspecified atom stereocenters. The summed E-state index contributed by atoms with van der Waals surface area (Å²) in [6, 6.07) is 17.6. The topological polar surface area (TPSA) is 49.2 Å². The Hall–Kier alpha value is -2.53. The van der Waals surface area contributed by atoms with E-state index >= 15 is 0 Å². The van der Waals surface area contributed by atoms with E-state index in [1.165, 1.54) is 10.5 Å². The summed E-state index contributed by atoms with van der Waals surface area (Å²) in [5.74, 6) is 0.858. The van der Waals surface area contributed by atoms with Crippen molar-refractivity contribution in [3.05, 3.63) is 60.2 Å². The predicted octanol–water partition coefficient (Wildman–Crippen LogP) is 1.47. The molecule has 0 saturated heterocycles. The Kier molecular flexibility index (Phi) is 5.56. The largest absolute Gasteiger partial charge is 0.485 e. The van der Waals surface area contributed by atoms with Crippen LogP contribution in [0.3, 0.4) is 0 Å². The molecule has 0 radical (unpaired) electrons. The summed E-state index contributed by atoms with van der Waals surface area (Å²) in [5, 5.41) is 0. The highest BCUT2D eigenvalue weighted by molar-refractivity contribution is 5.76. The number of fused-ring (bicyclic) bond motifs is 1. The summed E-state index contributed by atoms with van der Waals surface area (Å²) in [7, 11) is 2.09. The number of hydrogen-bond acceptors (Lipinski definition) is 4. The van der Waals surface area contributed by atoms with E-state index in [0.717, 1.165) is 13.1 Å². The third-order valence-electron chi connectivity index (χ3n) is 4.07. The van der Waals surface area contributed by atoms with Crippen molar-refractivity contribution < 1.29 is 23.9 Å². The van der Waals surface area contributed by atoms with Gasteiger partial charge in [0.05, 0.1) is 7.05 Å². The molecule has 5 nitrogen and oxygen atoms in total.